The Hall–Kier alpha value is -3.23. The van der Waals surface area contributed by atoms with Crippen LogP contribution in [0.25, 0.3) is 11.3 Å². The summed E-state index contributed by atoms with van der Waals surface area (Å²) in [4.78, 5) is 12.4. The molecule has 0 atom stereocenters. The lowest BCUT2D eigenvalue weighted by Gasteiger charge is -2.26. The van der Waals surface area contributed by atoms with E-state index in [1.807, 2.05) is 27.0 Å². The molecule has 3 aromatic rings. The summed E-state index contributed by atoms with van der Waals surface area (Å²) in [6.07, 6.45) is 1.69. The molecule has 0 fully saturated rings. The third kappa shape index (κ3) is 5.03. The predicted octanol–water partition coefficient (Wildman–Crippen LogP) is 4.21. The third-order valence-corrected chi connectivity index (χ3v) is 4.74. The first-order chi connectivity index (χ1) is 14.2. The molecule has 5 N–H and O–H groups in total. The van der Waals surface area contributed by atoms with Crippen LogP contribution in [-0.2, 0) is 7.05 Å². The summed E-state index contributed by atoms with van der Waals surface area (Å²) in [7, 11) is 1.83. The Kier molecular flexibility index (Phi) is 6.19. The quantitative estimate of drug-likeness (QED) is 0.468. The molecule has 2 amide bonds. The summed E-state index contributed by atoms with van der Waals surface area (Å²) < 4.78 is 7.83. The molecule has 0 bridgehead atoms. The van der Waals surface area contributed by atoms with E-state index < -0.39 is 11.6 Å². The number of anilines is 2. The van der Waals surface area contributed by atoms with Gasteiger partial charge < -0.3 is 26.2 Å². The molecule has 1 heterocycles. The van der Waals surface area contributed by atoms with Crippen LogP contribution >= 0.6 is 11.6 Å². The van der Waals surface area contributed by atoms with E-state index in [1.54, 1.807) is 35.1 Å². The molecule has 0 saturated carbocycles. The Morgan fingerprint density at radius 1 is 1.20 bits per heavy atom. The number of nitrogens with zero attached hydrogens (tertiary/aromatic N) is 2. The van der Waals surface area contributed by atoms with Crippen LogP contribution in [0, 0.1) is 0 Å². The van der Waals surface area contributed by atoms with Gasteiger partial charge in [-0.2, -0.15) is 5.10 Å². The molecule has 30 heavy (non-hydrogen) atoms. The van der Waals surface area contributed by atoms with Crippen molar-refractivity contribution < 1.29 is 14.6 Å². The molecule has 0 aliphatic rings. The van der Waals surface area contributed by atoms with Gasteiger partial charge in [0.05, 0.1) is 10.7 Å². The number of benzene rings is 2. The number of urea groups is 1. The Bertz CT molecular complexity index is 1060. The van der Waals surface area contributed by atoms with Crippen LogP contribution in [0.1, 0.15) is 13.8 Å². The number of aromatic nitrogens is 2. The molecule has 1 aromatic heterocycles. The monoisotopic (exact) mass is 429 g/mol. The number of aromatic hydroxyl groups is 1. The first kappa shape index (κ1) is 21.5. The zero-order valence-corrected chi connectivity index (χ0v) is 17.7. The van der Waals surface area contributed by atoms with E-state index >= 15 is 0 Å². The van der Waals surface area contributed by atoms with Crippen molar-refractivity contribution in [3.63, 3.8) is 0 Å². The summed E-state index contributed by atoms with van der Waals surface area (Å²) in [5.74, 6) is 0.514. The van der Waals surface area contributed by atoms with Crippen LogP contribution in [0.4, 0.5) is 16.2 Å². The number of amides is 2. The van der Waals surface area contributed by atoms with Gasteiger partial charge in [0.15, 0.2) is 0 Å². The minimum Gasteiger partial charge on any atom is -0.506 e. The van der Waals surface area contributed by atoms with Gasteiger partial charge in [-0.1, -0.05) is 11.6 Å². The molecule has 158 valence electrons. The number of aryl methyl sites for hydroxylation is 1. The number of rotatable bonds is 6. The number of hydrogen-bond donors (Lipinski definition) is 4. The summed E-state index contributed by atoms with van der Waals surface area (Å²) in [5.41, 5.74) is 7.80. The molecular formula is C21H24ClN5O3. The van der Waals surface area contributed by atoms with Gasteiger partial charge in [-0.3, -0.25) is 4.68 Å². The van der Waals surface area contributed by atoms with Gasteiger partial charge in [-0.15, -0.1) is 0 Å². The second-order valence-corrected chi connectivity index (χ2v) is 7.77. The maximum absolute atomic E-state index is 12.4. The second kappa shape index (κ2) is 8.64. The lowest BCUT2D eigenvalue weighted by Crippen LogP contribution is -2.37. The number of ether oxygens (including phenoxy) is 1. The lowest BCUT2D eigenvalue weighted by atomic mass is 10.1. The van der Waals surface area contributed by atoms with E-state index in [0.717, 1.165) is 11.3 Å². The predicted molar refractivity (Wildman–Crippen MR) is 118 cm³/mol. The second-order valence-electron chi connectivity index (χ2n) is 7.36. The first-order valence-corrected chi connectivity index (χ1v) is 9.64. The van der Waals surface area contributed by atoms with Crippen molar-refractivity contribution in [2.24, 2.45) is 12.8 Å². The molecule has 0 unspecified atom stereocenters. The summed E-state index contributed by atoms with van der Waals surface area (Å²) >= 11 is 5.79. The van der Waals surface area contributed by atoms with Crippen LogP contribution in [0.3, 0.4) is 0 Å². The van der Waals surface area contributed by atoms with Crippen LogP contribution in [0.5, 0.6) is 11.5 Å². The molecule has 0 saturated heterocycles. The minimum absolute atomic E-state index is 0.114. The molecule has 8 nitrogen and oxygen atoms in total. The maximum atomic E-state index is 12.4. The number of phenols is 1. The van der Waals surface area contributed by atoms with Crippen molar-refractivity contribution in [3.05, 3.63) is 53.7 Å². The van der Waals surface area contributed by atoms with Crippen molar-refractivity contribution in [3.8, 4) is 22.8 Å². The highest BCUT2D eigenvalue weighted by Crippen LogP contribution is 2.34. The summed E-state index contributed by atoms with van der Waals surface area (Å²) in [5, 5.41) is 19.5. The largest absolute Gasteiger partial charge is 0.506 e. The average Bonchev–Trinajstić information content (AvgIpc) is 3.11. The molecule has 3 rings (SSSR count). The summed E-state index contributed by atoms with van der Waals surface area (Å²) in [6, 6.07) is 11.2. The molecule has 0 aliphatic carbocycles. The third-order valence-electron chi connectivity index (χ3n) is 4.42. The highest BCUT2D eigenvalue weighted by atomic mass is 35.5. The van der Waals surface area contributed by atoms with Crippen LogP contribution in [0.15, 0.2) is 48.7 Å². The zero-order chi connectivity index (χ0) is 21.9. The molecule has 9 heteroatoms. The normalized spacial score (nSPS) is 11.2. The smallest absolute Gasteiger partial charge is 0.323 e. The number of hydrogen-bond acceptors (Lipinski definition) is 5. The number of nitrogens with one attached hydrogen (secondary N) is 2. The zero-order valence-electron chi connectivity index (χ0n) is 16.9. The van der Waals surface area contributed by atoms with Gasteiger partial charge in [0, 0.05) is 42.8 Å². The molecule has 0 radical (unpaired) electrons. The van der Waals surface area contributed by atoms with Crippen molar-refractivity contribution in [2.45, 2.75) is 19.4 Å². The fraction of sp³-hybridized carbons (Fsp3) is 0.238. The summed E-state index contributed by atoms with van der Waals surface area (Å²) in [6.45, 7) is 4.15. The topological polar surface area (TPSA) is 114 Å². The Morgan fingerprint density at radius 3 is 2.47 bits per heavy atom. The van der Waals surface area contributed by atoms with E-state index in [9.17, 15) is 9.90 Å². The van der Waals surface area contributed by atoms with E-state index in [-0.39, 0.29) is 10.8 Å². The van der Waals surface area contributed by atoms with Crippen LogP contribution in [-0.4, -0.2) is 33.1 Å². The van der Waals surface area contributed by atoms with E-state index in [0.29, 0.717) is 23.7 Å². The van der Waals surface area contributed by atoms with Gasteiger partial charge >= 0.3 is 6.03 Å². The molecule has 0 aliphatic heterocycles. The number of carbonyl (C=O) groups is 1. The standard InChI is InChI=1S/C21H24ClN5O3/c1-21(2,12-23)30-19-7-5-13(10-15(19)17-8-9-24-27(17)3)25-20(29)26-14-4-6-16(22)18(28)11-14/h4-11,28H,12,23H2,1-3H3,(H2,25,26,29). The van der Waals surface area contributed by atoms with Gasteiger partial charge in [0.2, 0.25) is 0 Å². The van der Waals surface area contributed by atoms with Gasteiger partial charge in [0.1, 0.15) is 17.1 Å². The number of nitrogens with two attached hydrogens (primary N) is 1. The van der Waals surface area contributed by atoms with E-state index in [2.05, 4.69) is 15.7 Å². The maximum Gasteiger partial charge on any atom is 0.323 e. The van der Waals surface area contributed by atoms with Crippen LogP contribution in [0.2, 0.25) is 5.02 Å². The number of phenolic OH excluding ortho intramolecular Hbond substituents is 1. The van der Waals surface area contributed by atoms with Crippen molar-refractivity contribution in [2.75, 3.05) is 17.2 Å². The first-order valence-electron chi connectivity index (χ1n) is 9.26. The average molecular weight is 430 g/mol. The fourth-order valence-corrected chi connectivity index (χ4v) is 2.88. The van der Waals surface area contributed by atoms with Crippen LogP contribution < -0.4 is 21.1 Å². The highest BCUT2D eigenvalue weighted by molar-refractivity contribution is 6.32. The lowest BCUT2D eigenvalue weighted by molar-refractivity contribution is 0.119. The fourth-order valence-electron chi connectivity index (χ4n) is 2.76. The molecule has 0 spiro atoms. The molecular weight excluding hydrogens is 406 g/mol. The van der Waals surface area contributed by atoms with Gasteiger partial charge in [-0.05, 0) is 50.2 Å². The Morgan fingerprint density at radius 2 is 1.87 bits per heavy atom. The molecule has 2 aromatic carbocycles. The van der Waals surface area contributed by atoms with Gasteiger partial charge in [0.25, 0.3) is 0 Å². The van der Waals surface area contributed by atoms with Gasteiger partial charge in [-0.25, -0.2) is 4.79 Å². The Labute approximate surface area is 179 Å². The highest BCUT2D eigenvalue weighted by Gasteiger charge is 2.21. The number of carbonyl (C=O) groups excluding carboxylic acids is 1. The van der Waals surface area contributed by atoms with E-state index in [4.69, 9.17) is 22.1 Å². The Balaban J connectivity index is 1.85. The van der Waals surface area contributed by atoms with Crippen molar-refractivity contribution in [1.82, 2.24) is 9.78 Å². The van der Waals surface area contributed by atoms with Crippen molar-refractivity contribution in [1.29, 1.82) is 0 Å². The van der Waals surface area contributed by atoms with Crippen molar-refractivity contribution >= 4 is 29.0 Å². The minimum atomic E-state index is -0.559. The number of halogens is 1. The van der Waals surface area contributed by atoms with E-state index in [1.165, 1.54) is 12.1 Å². The SMILES string of the molecule is Cn1nccc1-c1cc(NC(=O)Nc2ccc(Cl)c(O)c2)ccc1OC(C)(C)CN.